The molecule has 2 rings (SSSR count). The Morgan fingerprint density at radius 2 is 2.21 bits per heavy atom. The third-order valence-corrected chi connectivity index (χ3v) is 4.42. The van der Waals surface area contributed by atoms with E-state index in [1.54, 1.807) is 18.2 Å². The van der Waals surface area contributed by atoms with Crippen molar-refractivity contribution < 1.29 is 17.9 Å². The summed E-state index contributed by atoms with van der Waals surface area (Å²) in [4.78, 5) is 15.9. The van der Waals surface area contributed by atoms with Gasteiger partial charge < -0.3 is 4.74 Å². The summed E-state index contributed by atoms with van der Waals surface area (Å²) in [6.07, 6.45) is 1.09. The zero-order chi connectivity index (χ0) is 14.0. The van der Waals surface area contributed by atoms with Gasteiger partial charge in [0, 0.05) is 6.26 Å². The molecule has 1 heterocycles. The molecular weight excluding hydrogens is 306 g/mol. The summed E-state index contributed by atoms with van der Waals surface area (Å²) in [5.74, 6) is -0.738. The first-order valence-corrected chi connectivity index (χ1v) is 8.62. The van der Waals surface area contributed by atoms with E-state index in [4.69, 9.17) is 4.74 Å². The minimum atomic E-state index is -3.13. The number of nitrogens with zero attached hydrogens (tertiary/aromatic N) is 1. The van der Waals surface area contributed by atoms with Crippen LogP contribution in [0.3, 0.4) is 0 Å². The van der Waals surface area contributed by atoms with Crippen molar-refractivity contribution in [2.24, 2.45) is 0 Å². The normalized spacial score (nSPS) is 11.7. The number of carbonyl (C=O) groups is 1. The number of sulfone groups is 1. The highest BCUT2D eigenvalue weighted by molar-refractivity contribution is 7.90. The van der Waals surface area contributed by atoms with Crippen LogP contribution in [-0.2, 0) is 14.6 Å². The fourth-order valence-corrected chi connectivity index (χ4v) is 2.89. The average molecular weight is 317 g/mol. The number of ether oxygens (including phenoxy) is 1. The van der Waals surface area contributed by atoms with Crippen LogP contribution in [0, 0.1) is 0 Å². The minimum absolute atomic E-state index is 0.148. The largest absolute Gasteiger partial charge is 0.461 e. The molecule has 0 saturated heterocycles. The van der Waals surface area contributed by atoms with Crippen LogP contribution in [0.15, 0.2) is 22.5 Å². The van der Waals surface area contributed by atoms with Gasteiger partial charge in [-0.2, -0.15) is 0 Å². The van der Waals surface area contributed by atoms with E-state index >= 15 is 0 Å². The SMILES string of the molecule is CS(=O)(=O)CCOC(=O)c1ccc2sc(S)nc2c1. The predicted octanol–water partition coefficient (Wildman–Crippen LogP) is 1.79. The van der Waals surface area contributed by atoms with Crippen LogP contribution < -0.4 is 0 Å². The van der Waals surface area contributed by atoms with E-state index < -0.39 is 15.8 Å². The molecule has 102 valence electrons. The van der Waals surface area contributed by atoms with Crippen molar-refractivity contribution in [3.63, 3.8) is 0 Å². The van der Waals surface area contributed by atoms with Crippen molar-refractivity contribution in [2.45, 2.75) is 4.34 Å². The number of benzene rings is 1. The average Bonchev–Trinajstić information content (AvgIpc) is 2.65. The third kappa shape index (κ3) is 3.92. The maximum absolute atomic E-state index is 11.7. The minimum Gasteiger partial charge on any atom is -0.461 e. The van der Waals surface area contributed by atoms with Gasteiger partial charge in [0.15, 0.2) is 9.84 Å². The summed E-state index contributed by atoms with van der Waals surface area (Å²) in [7, 11) is -3.13. The molecule has 1 aromatic heterocycles. The van der Waals surface area contributed by atoms with E-state index in [9.17, 15) is 13.2 Å². The Balaban J connectivity index is 2.08. The van der Waals surface area contributed by atoms with E-state index in [0.717, 1.165) is 11.0 Å². The van der Waals surface area contributed by atoms with Gasteiger partial charge in [0.05, 0.1) is 21.5 Å². The van der Waals surface area contributed by atoms with Crippen molar-refractivity contribution in [3.05, 3.63) is 23.8 Å². The quantitative estimate of drug-likeness (QED) is 0.687. The van der Waals surface area contributed by atoms with Crippen LogP contribution in [0.25, 0.3) is 10.2 Å². The molecule has 0 N–H and O–H groups in total. The smallest absolute Gasteiger partial charge is 0.338 e. The Kier molecular flexibility index (Phi) is 4.12. The Morgan fingerprint density at radius 1 is 1.47 bits per heavy atom. The van der Waals surface area contributed by atoms with E-state index in [0.29, 0.717) is 15.4 Å². The summed E-state index contributed by atoms with van der Waals surface area (Å²) in [5, 5.41) is 0. The summed E-state index contributed by atoms with van der Waals surface area (Å²) in [5.41, 5.74) is 1.02. The lowest BCUT2D eigenvalue weighted by molar-refractivity contribution is 0.0529. The van der Waals surface area contributed by atoms with Gasteiger partial charge in [0.1, 0.15) is 10.9 Å². The maximum atomic E-state index is 11.7. The lowest BCUT2D eigenvalue weighted by Gasteiger charge is -2.03. The van der Waals surface area contributed by atoms with Crippen LogP contribution in [-0.4, -0.2) is 38.0 Å². The number of aromatic nitrogens is 1. The number of thiol groups is 1. The molecule has 0 fully saturated rings. The number of hydrogen-bond donors (Lipinski definition) is 1. The number of fused-ring (bicyclic) bond motifs is 1. The zero-order valence-corrected chi connectivity index (χ0v) is 12.5. The fourth-order valence-electron chi connectivity index (χ4n) is 1.41. The first-order chi connectivity index (χ1) is 8.85. The van der Waals surface area contributed by atoms with Gasteiger partial charge in [-0.15, -0.1) is 24.0 Å². The monoisotopic (exact) mass is 317 g/mol. The van der Waals surface area contributed by atoms with Gasteiger partial charge in [-0.05, 0) is 18.2 Å². The molecule has 0 aliphatic heterocycles. The molecule has 0 atom stereocenters. The van der Waals surface area contributed by atoms with E-state index in [1.165, 1.54) is 11.3 Å². The van der Waals surface area contributed by atoms with Crippen molar-refractivity contribution in [3.8, 4) is 0 Å². The lowest BCUT2D eigenvalue weighted by Crippen LogP contribution is -2.14. The van der Waals surface area contributed by atoms with Crippen LogP contribution >= 0.6 is 24.0 Å². The van der Waals surface area contributed by atoms with Crippen LogP contribution in [0.2, 0.25) is 0 Å². The molecule has 0 aliphatic rings. The predicted molar refractivity (Wildman–Crippen MR) is 76.9 cm³/mol. The highest BCUT2D eigenvalue weighted by atomic mass is 32.2. The number of rotatable bonds is 4. The third-order valence-electron chi connectivity index (χ3n) is 2.30. The highest BCUT2D eigenvalue weighted by Gasteiger charge is 2.11. The van der Waals surface area contributed by atoms with Gasteiger partial charge in [0.25, 0.3) is 0 Å². The number of esters is 1. The van der Waals surface area contributed by atoms with E-state index in [1.807, 2.05) is 0 Å². The molecule has 0 amide bonds. The van der Waals surface area contributed by atoms with E-state index in [-0.39, 0.29) is 12.4 Å². The highest BCUT2D eigenvalue weighted by Crippen LogP contribution is 2.25. The second-order valence-corrected chi connectivity index (χ2v) is 7.96. The Morgan fingerprint density at radius 3 is 2.89 bits per heavy atom. The number of thiazole rings is 1. The molecule has 8 heteroatoms. The molecule has 0 bridgehead atoms. The number of carbonyl (C=O) groups excluding carboxylic acids is 1. The molecule has 1 aromatic carbocycles. The summed E-state index contributed by atoms with van der Waals surface area (Å²) >= 11 is 5.56. The maximum Gasteiger partial charge on any atom is 0.338 e. The molecule has 0 unspecified atom stereocenters. The summed E-state index contributed by atoms with van der Waals surface area (Å²) in [6.45, 7) is -0.148. The summed E-state index contributed by atoms with van der Waals surface area (Å²) < 4.78 is 28.3. The fraction of sp³-hybridized carbons (Fsp3) is 0.273. The van der Waals surface area contributed by atoms with Gasteiger partial charge in [-0.3, -0.25) is 0 Å². The molecule has 2 aromatic rings. The van der Waals surface area contributed by atoms with Gasteiger partial charge >= 0.3 is 5.97 Å². The first kappa shape index (κ1) is 14.3. The molecule has 0 aliphatic carbocycles. The van der Waals surface area contributed by atoms with Crippen LogP contribution in [0.4, 0.5) is 0 Å². The first-order valence-electron chi connectivity index (χ1n) is 5.29. The Hall–Kier alpha value is -1.12. The molecule has 0 radical (unpaired) electrons. The van der Waals surface area contributed by atoms with Gasteiger partial charge in [-0.25, -0.2) is 18.2 Å². The van der Waals surface area contributed by atoms with Crippen molar-refractivity contribution in [1.82, 2.24) is 4.98 Å². The van der Waals surface area contributed by atoms with Crippen LogP contribution in [0.5, 0.6) is 0 Å². The van der Waals surface area contributed by atoms with Crippen molar-refractivity contribution in [1.29, 1.82) is 0 Å². The van der Waals surface area contributed by atoms with Gasteiger partial charge in [0.2, 0.25) is 0 Å². The molecule has 0 spiro atoms. The Bertz CT molecular complexity index is 721. The van der Waals surface area contributed by atoms with E-state index in [2.05, 4.69) is 17.6 Å². The zero-order valence-electron chi connectivity index (χ0n) is 9.99. The second-order valence-electron chi connectivity index (χ2n) is 3.94. The lowest BCUT2D eigenvalue weighted by atomic mass is 10.2. The van der Waals surface area contributed by atoms with Gasteiger partial charge in [-0.1, -0.05) is 0 Å². The topological polar surface area (TPSA) is 73.3 Å². The van der Waals surface area contributed by atoms with Crippen LogP contribution in [0.1, 0.15) is 10.4 Å². The second kappa shape index (κ2) is 5.48. The molecule has 19 heavy (non-hydrogen) atoms. The molecule has 0 saturated carbocycles. The Labute approximate surface area is 119 Å². The standard InChI is InChI=1S/C11H11NO4S3/c1-19(14,15)5-4-16-10(13)7-2-3-9-8(6-7)12-11(17)18-9/h2-3,6H,4-5H2,1H3,(H,12,17). The number of hydrogen-bond acceptors (Lipinski definition) is 7. The summed E-state index contributed by atoms with van der Waals surface area (Å²) in [6, 6.07) is 4.99. The van der Waals surface area contributed by atoms with Crippen molar-refractivity contribution in [2.75, 3.05) is 18.6 Å². The molecule has 5 nitrogen and oxygen atoms in total. The molecular formula is C11H11NO4S3. The van der Waals surface area contributed by atoms with Crippen molar-refractivity contribution >= 4 is 50.0 Å².